The minimum absolute atomic E-state index is 0.100. The number of carbonyl (C=O) groups is 4. The Morgan fingerprint density at radius 3 is 2.34 bits per heavy atom. The Hall–Kier alpha value is -4.85. The van der Waals surface area contributed by atoms with Gasteiger partial charge in [0, 0.05) is 37.3 Å². The number of hydrogen-bond donors (Lipinski definition) is 4. The molecule has 1 aliphatic carbocycles. The molecular formula is C33H39F2N5O7. The van der Waals surface area contributed by atoms with Crippen molar-refractivity contribution in [2.24, 2.45) is 0 Å². The van der Waals surface area contributed by atoms with E-state index >= 15 is 0 Å². The largest absolute Gasteiger partial charge is 0.481 e. The molecule has 3 atom stereocenters. The van der Waals surface area contributed by atoms with Gasteiger partial charge in [0.1, 0.15) is 18.1 Å². The molecule has 0 unspecified atom stereocenters. The van der Waals surface area contributed by atoms with Crippen LogP contribution in [0.3, 0.4) is 0 Å². The zero-order chi connectivity index (χ0) is 33.9. The maximum Gasteiger partial charge on any atom is 0.407 e. The molecule has 47 heavy (non-hydrogen) atoms. The van der Waals surface area contributed by atoms with Crippen LogP contribution in [0.4, 0.5) is 13.6 Å². The van der Waals surface area contributed by atoms with Crippen LogP contribution in [0.15, 0.2) is 54.9 Å². The van der Waals surface area contributed by atoms with Gasteiger partial charge < -0.3 is 35.1 Å². The highest BCUT2D eigenvalue weighted by molar-refractivity contribution is 5.98. The number of amides is 2. The van der Waals surface area contributed by atoms with E-state index in [1.165, 1.54) is 12.1 Å². The molecule has 2 amide bonds. The predicted octanol–water partition coefficient (Wildman–Crippen LogP) is 4.26. The summed E-state index contributed by atoms with van der Waals surface area (Å²) in [6, 6.07) is 12.6. The van der Waals surface area contributed by atoms with E-state index in [0.717, 1.165) is 37.3 Å². The second kappa shape index (κ2) is 16.6. The Kier molecular flexibility index (Phi) is 12.4. The van der Waals surface area contributed by atoms with E-state index in [4.69, 9.17) is 14.9 Å². The molecule has 2 aromatic carbocycles. The third-order valence-electron chi connectivity index (χ3n) is 8.02. The number of alkyl carbamates (subject to hydrolysis) is 1. The van der Waals surface area contributed by atoms with Crippen LogP contribution in [0.25, 0.3) is 11.3 Å². The number of hydrogen-bond acceptors (Lipinski definition) is 7. The second-order valence-corrected chi connectivity index (χ2v) is 11.3. The fourth-order valence-electron chi connectivity index (χ4n) is 6.06. The molecule has 1 saturated heterocycles. The van der Waals surface area contributed by atoms with Crippen LogP contribution in [0.2, 0.25) is 0 Å². The fourth-order valence-corrected chi connectivity index (χ4v) is 6.06. The fraction of sp³-hybridized carbons (Fsp3) is 0.424. The van der Waals surface area contributed by atoms with Gasteiger partial charge in [-0.15, -0.1) is 0 Å². The Morgan fingerprint density at radius 1 is 1.02 bits per heavy atom. The first kappa shape index (κ1) is 35.0. The number of nitrogens with zero attached hydrogens (tertiary/aromatic N) is 3. The molecule has 2 heterocycles. The summed E-state index contributed by atoms with van der Waals surface area (Å²) in [4.78, 5) is 51.7. The predicted molar refractivity (Wildman–Crippen MR) is 167 cm³/mol. The molecule has 12 nitrogen and oxygen atoms in total. The summed E-state index contributed by atoms with van der Waals surface area (Å²) in [7, 11) is 0. The van der Waals surface area contributed by atoms with Crippen molar-refractivity contribution in [3.8, 4) is 11.3 Å². The van der Waals surface area contributed by atoms with Gasteiger partial charge in [-0.3, -0.25) is 14.4 Å². The third-order valence-corrected chi connectivity index (χ3v) is 8.02. The lowest BCUT2D eigenvalue weighted by Crippen LogP contribution is -2.54. The number of carboxylic acids is 2. The van der Waals surface area contributed by atoms with Gasteiger partial charge in [-0.05, 0) is 43.9 Å². The topological polar surface area (TPSA) is 163 Å². The highest BCUT2D eigenvalue weighted by atomic mass is 19.1. The maximum atomic E-state index is 14.2. The molecule has 1 aromatic heterocycles. The zero-order valence-electron chi connectivity index (χ0n) is 26.0. The minimum atomic E-state index is -1.31. The molecule has 3 aromatic rings. The van der Waals surface area contributed by atoms with E-state index < -0.39 is 36.1 Å². The highest BCUT2D eigenvalue weighted by Crippen LogP contribution is 2.35. The van der Waals surface area contributed by atoms with Crippen LogP contribution in [0, 0.1) is 11.6 Å². The minimum Gasteiger partial charge on any atom is -0.481 e. The van der Waals surface area contributed by atoms with Gasteiger partial charge in [0.05, 0.1) is 30.7 Å². The number of rotatable bonds is 9. The average molecular weight is 656 g/mol. The zero-order valence-corrected chi connectivity index (χ0v) is 26.0. The molecule has 1 saturated carbocycles. The van der Waals surface area contributed by atoms with Crippen LogP contribution >= 0.6 is 0 Å². The van der Waals surface area contributed by atoms with Gasteiger partial charge in [0.2, 0.25) is 0 Å². The number of carboxylic acid groups (broad SMARTS) is 2. The molecule has 14 heteroatoms. The summed E-state index contributed by atoms with van der Waals surface area (Å²) in [6.07, 6.45) is 4.34. The van der Waals surface area contributed by atoms with Crippen LogP contribution in [-0.4, -0.2) is 86.9 Å². The normalized spacial score (nSPS) is 19.2. The quantitative estimate of drug-likeness (QED) is 0.247. The molecule has 2 aliphatic rings. The summed E-state index contributed by atoms with van der Waals surface area (Å²) in [5.41, 5.74) is 2.36. The van der Waals surface area contributed by atoms with Crippen molar-refractivity contribution in [1.29, 1.82) is 0 Å². The molecule has 5 rings (SSSR count). The van der Waals surface area contributed by atoms with Crippen molar-refractivity contribution in [3.63, 3.8) is 0 Å². The summed E-state index contributed by atoms with van der Waals surface area (Å²) >= 11 is 0. The first-order chi connectivity index (χ1) is 22.6. The SMILES string of the molecule is CCOC(=O)N[C@H]1CCCC[C@@H]1n1cnc(C(=O)N2CCNC[C@H]2Cc2cc(F)cc(F)c2)c1-c1ccccc1.O=C(O)CC(=O)O. The monoisotopic (exact) mass is 655 g/mol. The lowest BCUT2D eigenvalue weighted by atomic mass is 9.89. The van der Waals surface area contributed by atoms with Crippen LogP contribution in [-0.2, 0) is 20.7 Å². The smallest absolute Gasteiger partial charge is 0.407 e. The van der Waals surface area contributed by atoms with Gasteiger partial charge >= 0.3 is 18.0 Å². The number of benzene rings is 2. The number of nitrogens with one attached hydrogen (secondary N) is 2. The first-order valence-electron chi connectivity index (χ1n) is 15.5. The summed E-state index contributed by atoms with van der Waals surface area (Å²) in [6.45, 7) is 3.61. The summed E-state index contributed by atoms with van der Waals surface area (Å²) in [5, 5.41) is 21.7. The van der Waals surface area contributed by atoms with E-state index in [1.54, 1.807) is 18.2 Å². The second-order valence-electron chi connectivity index (χ2n) is 11.3. The van der Waals surface area contributed by atoms with E-state index in [-0.39, 0.29) is 30.6 Å². The number of halogens is 2. The Labute approximate surface area is 270 Å². The van der Waals surface area contributed by atoms with Crippen LogP contribution < -0.4 is 10.6 Å². The van der Waals surface area contributed by atoms with E-state index in [9.17, 15) is 28.0 Å². The van der Waals surface area contributed by atoms with Crippen LogP contribution in [0.1, 0.15) is 61.1 Å². The van der Waals surface area contributed by atoms with Crippen molar-refractivity contribution in [1.82, 2.24) is 25.1 Å². The summed E-state index contributed by atoms with van der Waals surface area (Å²) < 4.78 is 35.0. The Bertz CT molecular complexity index is 1520. The molecular weight excluding hydrogens is 616 g/mol. The number of carbonyl (C=O) groups excluding carboxylic acids is 2. The number of ether oxygens (including phenoxy) is 1. The molecule has 2 fully saturated rings. The number of aliphatic carboxylic acids is 2. The van der Waals surface area contributed by atoms with Crippen molar-refractivity contribution < 1.29 is 42.9 Å². The Balaban J connectivity index is 0.000000644. The van der Waals surface area contributed by atoms with E-state index in [2.05, 4.69) is 15.6 Å². The first-order valence-corrected chi connectivity index (χ1v) is 15.5. The van der Waals surface area contributed by atoms with Crippen molar-refractivity contribution in [2.45, 2.75) is 63.6 Å². The number of imidazole rings is 1. The standard InChI is InChI=1S/C30H35F2N5O3.C3H4O4/c1-2-40-30(39)35-25-10-6-7-11-26(25)37-19-34-27(28(37)21-8-4-3-5-9-21)29(38)36-13-12-33-18-24(36)16-20-14-22(31)17-23(32)15-20;4-2(5)1-3(6)7/h3-5,8-9,14-15,17,19,24-26,33H,2,6-7,10-13,16,18H2,1H3,(H,35,39);1H2,(H,4,5)(H,6,7)/t24-,25+,26+;/m1./s1. The van der Waals surface area contributed by atoms with Crippen molar-refractivity contribution in [3.05, 3.63) is 77.8 Å². The van der Waals surface area contributed by atoms with Gasteiger partial charge in [0.25, 0.3) is 5.91 Å². The van der Waals surface area contributed by atoms with Gasteiger partial charge in [0.15, 0.2) is 5.69 Å². The van der Waals surface area contributed by atoms with Crippen molar-refractivity contribution in [2.75, 3.05) is 26.2 Å². The van der Waals surface area contributed by atoms with E-state index in [1.807, 2.05) is 34.9 Å². The molecule has 1 aliphatic heterocycles. The Morgan fingerprint density at radius 2 is 1.70 bits per heavy atom. The van der Waals surface area contributed by atoms with E-state index in [0.29, 0.717) is 43.0 Å². The molecule has 4 N–H and O–H groups in total. The maximum absolute atomic E-state index is 14.2. The molecule has 0 radical (unpaired) electrons. The number of piperazine rings is 1. The van der Waals surface area contributed by atoms with Gasteiger partial charge in [-0.25, -0.2) is 18.6 Å². The lowest BCUT2D eigenvalue weighted by molar-refractivity contribution is -0.147. The average Bonchev–Trinajstić information content (AvgIpc) is 3.46. The molecule has 252 valence electrons. The number of aromatic nitrogens is 2. The summed E-state index contributed by atoms with van der Waals surface area (Å²) in [5.74, 6) is -4.13. The van der Waals surface area contributed by atoms with Gasteiger partial charge in [-0.1, -0.05) is 43.2 Å². The third kappa shape index (κ3) is 9.58. The van der Waals surface area contributed by atoms with Gasteiger partial charge in [-0.2, -0.15) is 0 Å². The van der Waals surface area contributed by atoms with Crippen molar-refractivity contribution >= 4 is 23.9 Å². The van der Waals surface area contributed by atoms with Crippen LogP contribution in [0.5, 0.6) is 0 Å². The molecule has 0 bridgehead atoms. The lowest BCUT2D eigenvalue weighted by Gasteiger charge is -2.36. The molecule has 0 spiro atoms. The highest BCUT2D eigenvalue weighted by Gasteiger charge is 2.35.